The van der Waals surface area contributed by atoms with Crippen LogP contribution in [0.25, 0.3) is 0 Å². The fourth-order valence-electron chi connectivity index (χ4n) is 2.52. The van der Waals surface area contributed by atoms with Gasteiger partial charge in [-0.25, -0.2) is 0 Å². The zero-order valence-corrected chi connectivity index (χ0v) is 12.7. The molecule has 0 aromatic carbocycles. The van der Waals surface area contributed by atoms with Gasteiger partial charge in [-0.3, -0.25) is 4.79 Å². The Morgan fingerprint density at radius 2 is 1.78 bits per heavy atom. The van der Waals surface area contributed by atoms with E-state index in [0.29, 0.717) is 18.0 Å². The molecule has 106 valence electrons. The third-order valence-electron chi connectivity index (χ3n) is 4.30. The van der Waals surface area contributed by atoms with Gasteiger partial charge in [0.05, 0.1) is 0 Å². The second-order valence-electron chi connectivity index (χ2n) is 6.10. The Labute approximate surface area is 112 Å². The molecule has 3 nitrogen and oxygen atoms in total. The Morgan fingerprint density at radius 3 is 2.22 bits per heavy atom. The van der Waals surface area contributed by atoms with Gasteiger partial charge >= 0.3 is 0 Å². The SMILES string of the molecule is CCC(C)C(C)NC1CCN(C(=O)C(C)C)CC1. The highest BCUT2D eigenvalue weighted by atomic mass is 16.2. The Hall–Kier alpha value is -0.570. The molecule has 0 saturated carbocycles. The van der Waals surface area contributed by atoms with Gasteiger partial charge in [0.15, 0.2) is 0 Å². The first kappa shape index (κ1) is 15.5. The van der Waals surface area contributed by atoms with Crippen molar-refractivity contribution in [3.63, 3.8) is 0 Å². The van der Waals surface area contributed by atoms with Gasteiger partial charge in [-0.2, -0.15) is 0 Å². The third-order valence-corrected chi connectivity index (χ3v) is 4.30. The number of hydrogen-bond donors (Lipinski definition) is 1. The van der Waals surface area contributed by atoms with Gasteiger partial charge in [0.2, 0.25) is 5.91 Å². The molecular formula is C15H30N2O. The number of hydrogen-bond acceptors (Lipinski definition) is 2. The molecule has 0 bridgehead atoms. The van der Waals surface area contributed by atoms with Gasteiger partial charge in [-0.15, -0.1) is 0 Å². The summed E-state index contributed by atoms with van der Waals surface area (Å²) in [5, 5.41) is 3.72. The lowest BCUT2D eigenvalue weighted by atomic mass is 9.97. The third kappa shape index (κ3) is 4.27. The molecule has 3 heteroatoms. The number of carbonyl (C=O) groups excluding carboxylic acids is 1. The van der Waals surface area contributed by atoms with Crippen LogP contribution in [0.3, 0.4) is 0 Å². The average Bonchev–Trinajstić information content (AvgIpc) is 2.37. The van der Waals surface area contributed by atoms with Crippen LogP contribution < -0.4 is 5.32 Å². The number of nitrogens with zero attached hydrogens (tertiary/aromatic N) is 1. The normalized spacial score (nSPS) is 21.1. The van der Waals surface area contributed by atoms with Crippen LogP contribution in [-0.2, 0) is 4.79 Å². The van der Waals surface area contributed by atoms with Crippen LogP contribution in [-0.4, -0.2) is 36.0 Å². The molecule has 0 aliphatic carbocycles. The van der Waals surface area contributed by atoms with Crippen LogP contribution in [0.1, 0.15) is 53.9 Å². The summed E-state index contributed by atoms with van der Waals surface area (Å²) in [5.74, 6) is 1.16. The summed E-state index contributed by atoms with van der Waals surface area (Å²) >= 11 is 0. The Morgan fingerprint density at radius 1 is 1.22 bits per heavy atom. The number of carbonyl (C=O) groups is 1. The van der Waals surface area contributed by atoms with Crippen LogP contribution in [0.5, 0.6) is 0 Å². The molecule has 1 rings (SSSR count). The van der Waals surface area contributed by atoms with Crippen LogP contribution in [0.15, 0.2) is 0 Å². The van der Waals surface area contributed by atoms with Gasteiger partial charge < -0.3 is 10.2 Å². The maximum Gasteiger partial charge on any atom is 0.225 e. The van der Waals surface area contributed by atoms with E-state index in [9.17, 15) is 4.79 Å². The van der Waals surface area contributed by atoms with Crippen molar-refractivity contribution in [1.82, 2.24) is 10.2 Å². The summed E-state index contributed by atoms with van der Waals surface area (Å²) in [6.45, 7) is 12.6. The summed E-state index contributed by atoms with van der Waals surface area (Å²) in [6, 6.07) is 1.16. The van der Waals surface area contributed by atoms with E-state index in [4.69, 9.17) is 0 Å². The smallest absolute Gasteiger partial charge is 0.225 e. The maximum atomic E-state index is 11.9. The molecule has 1 fully saturated rings. The number of nitrogens with one attached hydrogen (secondary N) is 1. The number of rotatable bonds is 5. The minimum Gasteiger partial charge on any atom is -0.342 e. The topological polar surface area (TPSA) is 32.3 Å². The Kier molecular flexibility index (Phi) is 6.13. The summed E-state index contributed by atoms with van der Waals surface area (Å²) in [5.41, 5.74) is 0. The standard InChI is InChI=1S/C15H30N2O/c1-6-12(4)13(5)16-14-7-9-17(10-8-14)15(18)11(2)3/h11-14,16H,6-10H2,1-5H3. The van der Waals surface area contributed by atoms with E-state index in [-0.39, 0.29) is 5.92 Å². The Bertz CT molecular complexity index is 257. The molecule has 1 heterocycles. The molecule has 2 atom stereocenters. The van der Waals surface area contributed by atoms with Crippen LogP contribution >= 0.6 is 0 Å². The molecule has 1 aliphatic rings. The first-order chi connectivity index (χ1) is 8.45. The van der Waals surface area contributed by atoms with E-state index in [1.54, 1.807) is 0 Å². The predicted molar refractivity (Wildman–Crippen MR) is 76.5 cm³/mol. The number of likely N-dealkylation sites (tertiary alicyclic amines) is 1. The number of piperidine rings is 1. The highest BCUT2D eigenvalue weighted by Gasteiger charge is 2.25. The zero-order valence-electron chi connectivity index (χ0n) is 12.7. The summed E-state index contributed by atoms with van der Waals surface area (Å²) in [7, 11) is 0. The minimum atomic E-state index is 0.133. The van der Waals surface area contributed by atoms with Crippen molar-refractivity contribution < 1.29 is 4.79 Å². The van der Waals surface area contributed by atoms with Crippen molar-refractivity contribution in [3.8, 4) is 0 Å². The second kappa shape index (κ2) is 7.13. The molecule has 1 N–H and O–H groups in total. The van der Waals surface area contributed by atoms with Gasteiger partial charge in [0.25, 0.3) is 0 Å². The van der Waals surface area contributed by atoms with Gasteiger partial charge in [-0.1, -0.05) is 34.1 Å². The van der Waals surface area contributed by atoms with E-state index < -0.39 is 0 Å². The molecule has 1 saturated heterocycles. The molecule has 2 unspecified atom stereocenters. The second-order valence-corrected chi connectivity index (χ2v) is 6.10. The van der Waals surface area contributed by atoms with Crippen LogP contribution in [0, 0.1) is 11.8 Å². The van der Waals surface area contributed by atoms with E-state index in [1.165, 1.54) is 6.42 Å². The molecule has 1 aliphatic heterocycles. The molecule has 0 aromatic rings. The minimum absolute atomic E-state index is 0.133. The first-order valence-corrected chi connectivity index (χ1v) is 7.50. The summed E-state index contributed by atoms with van der Waals surface area (Å²) in [4.78, 5) is 13.9. The quantitative estimate of drug-likeness (QED) is 0.818. The van der Waals surface area contributed by atoms with Crippen LogP contribution in [0.2, 0.25) is 0 Å². The van der Waals surface area contributed by atoms with Crippen molar-refractivity contribution in [3.05, 3.63) is 0 Å². The first-order valence-electron chi connectivity index (χ1n) is 7.50. The van der Waals surface area contributed by atoms with Crippen molar-refractivity contribution in [1.29, 1.82) is 0 Å². The van der Waals surface area contributed by atoms with Gasteiger partial charge in [0, 0.05) is 31.1 Å². The van der Waals surface area contributed by atoms with E-state index in [1.807, 2.05) is 18.7 Å². The van der Waals surface area contributed by atoms with Gasteiger partial charge in [-0.05, 0) is 25.7 Å². The monoisotopic (exact) mass is 254 g/mol. The van der Waals surface area contributed by atoms with E-state index in [2.05, 4.69) is 26.1 Å². The largest absolute Gasteiger partial charge is 0.342 e. The van der Waals surface area contributed by atoms with E-state index in [0.717, 1.165) is 31.8 Å². The number of amides is 1. The van der Waals surface area contributed by atoms with E-state index >= 15 is 0 Å². The fourth-order valence-corrected chi connectivity index (χ4v) is 2.52. The van der Waals surface area contributed by atoms with Crippen molar-refractivity contribution >= 4 is 5.91 Å². The molecule has 0 aromatic heterocycles. The lowest BCUT2D eigenvalue weighted by Gasteiger charge is -2.35. The fraction of sp³-hybridized carbons (Fsp3) is 0.933. The molecule has 18 heavy (non-hydrogen) atoms. The highest BCUT2D eigenvalue weighted by molar-refractivity contribution is 5.78. The lowest BCUT2D eigenvalue weighted by molar-refractivity contribution is -0.135. The molecular weight excluding hydrogens is 224 g/mol. The predicted octanol–water partition coefficient (Wildman–Crippen LogP) is 2.66. The zero-order chi connectivity index (χ0) is 13.7. The van der Waals surface area contributed by atoms with Gasteiger partial charge in [0.1, 0.15) is 0 Å². The van der Waals surface area contributed by atoms with Crippen molar-refractivity contribution in [2.45, 2.75) is 66.0 Å². The maximum absolute atomic E-state index is 11.9. The lowest BCUT2D eigenvalue weighted by Crippen LogP contribution is -2.49. The Balaban J connectivity index is 2.33. The summed E-state index contributed by atoms with van der Waals surface area (Å²) in [6.07, 6.45) is 3.41. The molecule has 1 amide bonds. The van der Waals surface area contributed by atoms with Crippen molar-refractivity contribution in [2.75, 3.05) is 13.1 Å². The average molecular weight is 254 g/mol. The molecule has 0 radical (unpaired) electrons. The van der Waals surface area contributed by atoms with Crippen LogP contribution in [0.4, 0.5) is 0 Å². The highest BCUT2D eigenvalue weighted by Crippen LogP contribution is 2.16. The summed E-state index contributed by atoms with van der Waals surface area (Å²) < 4.78 is 0. The molecule has 0 spiro atoms. The van der Waals surface area contributed by atoms with Crippen molar-refractivity contribution in [2.24, 2.45) is 11.8 Å².